The third-order valence-corrected chi connectivity index (χ3v) is 5.30. The minimum atomic E-state index is -0.789. The van der Waals surface area contributed by atoms with Gasteiger partial charge in [0.25, 0.3) is 0 Å². The van der Waals surface area contributed by atoms with Crippen LogP contribution in [0.4, 0.5) is 0 Å². The molecule has 2 heterocycles. The van der Waals surface area contributed by atoms with Crippen molar-refractivity contribution in [1.82, 2.24) is 9.80 Å². The Morgan fingerprint density at radius 1 is 0.900 bits per heavy atom. The lowest BCUT2D eigenvalue weighted by molar-refractivity contribution is -0.153. The first kappa shape index (κ1) is 13.9. The molecule has 2 saturated heterocycles. The van der Waals surface area contributed by atoms with Gasteiger partial charge in [0.2, 0.25) is 5.91 Å². The van der Waals surface area contributed by atoms with Crippen LogP contribution >= 0.6 is 0 Å². The number of carbonyl (C=O) groups excluding carboxylic acids is 1. The minimum Gasteiger partial charge on any atom is -0.481 e. The Morgan fingerprint density at radius 2 is 1.65 bits per heavy atom. The molecule has 112 valence electrons. The Bertz CT molecular complexity index is 399. The lowest BCUT2D eigenvalue weighted by Crippen LogP contribution is -2.54. The fraction of sp³-hybridized carbons (Fsp3) is 0.867. The van der Waals surface area contributed by atoms with Crippen molar-refractivity contribution in [2.45, 2.75) is 44.6 Å². The fourth-order valence-electron chi connectivity index (χ4n) is 4.15. The second-order valence-electron chi connectivity index (χ2n) is 6.45. The summed E-state index contributed by atoms with van der Waals surface area (Å²) in [7, 11) is 0. The summed E-state index contributed by atoms with van der Waals surface area (Å²) in [6.07, 6.45) is 5.75. The van der Waals surface area contributed by atoms with Crippen molar-refractivity contribution in [2.75, 3.05) is 26.2 Å². The number of amides is 1. The molecule has 1 aliphatic carbocycles. The van der Waals surface area contributed by atoms with Crippen molar-refractivity contribution < 1.29 is 14.7 Å². The van der Waals surface area contributed by atoms with Crippen molar-refractivity contribution in [1.29, 1.82) is 0 Å². The highest BCUT2D eigenvalue weighted by atomic mass is 16.4. The Kier molecular flexibility index (Phi) is 3.96. The van der Waals surface area contributed by atoms with E-state index in [1.807, 2.05) is 4.90 Å². The lowest BCUT2D eigenvalue weighted by Gasteiger charge is -2.40. The van der Waals surface area contributed by atoms with Crippen molar-refractivity contribution in [2.24, 2.45) is 11.8 Å². The molecule has 5 nitrogen and oxygen atoms in total. The summed E-state index contributed by atoms with van der Waals surface area (Å²) in [5.41, 5.74) is 0. The summed E-state index contributed by atoms with van der Waals surface area (Å²) in [6, 6.07) is 0.513. The lowest BCUT2D eigenvalue weighted by atomic mass is 9.78. The van der Waals surface area contributed by atoms with Gasteiger partial charge >= 0.3 is 5.97 Å². The average molecular weight is 280 g/mol. The number of hydrogen-bond donors (Lipinski definition) is 1. The van der Waals surface area contributed by atoms with Gasteiger partial charge in [0.05, 0.1) is 11.8 Å². The zero-order valence-electron chi connectivity index (χ0n) is 12.0. The van der Waals surface area contributed by atoms with Crippen molar-refractivity contribution >= 4 is 11.9 Å². The van der Waals surface area contributed by atoms with Gasteiger partial charge in [-0.3, -0.25) is 14.5 Å². The van der Waals surface area contributed by atoms with Crippen LogP contribution in [0.15, 0.2) is 0 Å². The van der Waals surface area contributed by atoms with E-state index in [0.717, 1.165) is 45.4 Å². The maximum Gasteiger partial charge on any atom is 0.307 e. The molecule has 0 radical (unpaired) electrons. The molecule has 3 atom stereocenters. The van der Waals surface area contributed by atoms with Gasteiger partial charge in [-0.2, -0.15) is 0 Å². The van der Waals surface area contributed by atoms with Crippen LogP contribution in [-0.2, 0) is 9.59 Å². The van der Waals surface area contributed by atoms with E-state index >= 15 is 0 Å². The smallest absolute Gasteiger partial charge is 0.307 e. The molecule has 1 saturated carbocycles. The van der Waals surface area contributed by atoms with Crippen molar-refractivity contribution in [3.63, 3.8) is 0 Å². The van der Waals surface area contributed by atoms with E-state index in [0.29, 0.717) is 12.5 Å². The topological polar surface area (TPSA) is 60.9 Å². The number of rotatable bonds is 2. The van der Waals surface area contributed by atoms with Gasteiger partial charge in [-0.1, -0.05) is 12.8 Å². The van der Waals surface area contributed by atoms with E-state index in [-0.39, 0.29) is 11.8 Å². The molecule has 3 fully saturated rings. The predicted molar refractivity (Wildman–Crippen MR) is 74.3 cm³/mol. The molecule has 1 amide bonds. The second-order valence-corrected chi connectivity index (χ2v) is 6.45. The van der Waals surface area contributed by atoms with Crippen LogP contribution < -0.4 is 0 Å². The third-order valence-electron chi connectivity index (χ3n) is 5.30. The maximum absolute atomic E-state index is 12.7. The van der Waals surface area contributed by atoms with Crippen LogP contribution in [0.25, 0.3) is 0 Å². The fourth-order valence-corrected chi connectivity index (χ4v) is 4.15. The van der Waals surface area contributed by atoms with Gasteiger partial charge in [0, 0.05) is 25.7 Å². The monoisotopic (exact) mass is 280 g/mol. The number of hydrogen-bond acceptors (Lipinski definition) is 3. The summed E-state index contributed by atoms with van der Waals surface area (Å²) >= 11 is 0. The highest BCUT2D eigenvalue weighted by Gasteiger charge is 2.40. The Balaban J connectivity index is 1.66. The van der Waals surface area contributed by atoms with E-state index < -0.39 is 11.9 Å². The first-order valence-electron chi connectivity index (χ1n) is 7.92. The largest absolute Gasteiger partial charge is 0.481 e. The van der Waals surface area contributed by atoms with Gasteiger partial charge in [-0.05, 0) is 32.2 Å². The summed E-state index contributed by atoms with van der Waals surface area (Å²) in [6.45, 7) is 3.70. The molecule has 20 heavy (non-hydrogen) atoms. The Labute approximate surface area is 119 Å². The van der Waals surface area contributed by atoms with Crippen LogP contribution in [0.5, 0.6) is 0 Å². The van der Waals surface area contributed by atoms with E-state index in [4.69, 9.17) is 0 Å². The van der Waals surface area contributed by atoms with Crippen LogP contribution in [-0.4, -0.2) is 59.0 Å². The zero-order chi connectivity index (χ0) is 14.1. The number of fused-ring (bicyclic) bond motifs is 1. The number of carboxylic acid groups (broad SMARTS) is 1. The quantitative estimate of drug-likeness (QED) is 0.825. The van der Waals surface area contributed by atoms with Gasteiger partial charge < -0.3 is 10.0 Å². The molecule has 3 rings (SSSR count). The standard InChI is InChI=1S/C15H24N2O3/c18-14(12-5-1-2-6-13(12)15(19)20)17-9-8-16-7-3-4-11(16)10-17/h11-13H,1-10H2,(H,19,20)/t11?,12-,13+/m1/s1. The molecule has 2 aliphatic heterocycles. The molecule has 1 unspecified atom stereocenters. The third kappa shape index (κ3) is 2.55. The van der Waals surface area contributed by atoms with E-state index in [1.165, 1.54) is 12.8 Å². The van der Waals surface area contributed by atoms with Gasteiger partial charge in [0.15, 0.2) is 0 Å². The second kappa shape index (κ2) is 5.72. The number of piperazine rings is 1. The minimum absolute atomic E-state index is 0.101. The average Bonchev–Trinajstić information content (AvgIpc) is 2.93. The van der Waals surface area contributed by atoms with E-state index in [2.05, 4.69) is 4.90 Å². The zero-order valence-corrected chi connectivity index (χ0v) is 12.0. The van der Waals surface area contributed by atoms with E-state index in [1.54, 1.807) is 0 Å². The molecule has 3 aliphatic rings. The summed E-state index contributed by atoms with van der Waals surface area (Å²) < 4.78 is 0. The van der Waals surface area contributed by atoms with Crippen molar-refractivity contribution in [3.8, 4) is 0 Å². The molecular formula is C15H24N2O3. The normalized spacial score (nSPS) is 34.8. The molecule has 0 aromatic carbocycles. The van der Waals surface area contributed by atoms with Gasteiger partial charge in [-0.15, -0.1) is 0 Å². The molecule has 1 N–H and O–H groups in total. The first-order chi connectivity index (χ1) is 9.66. The van der Waals surface area contributed by atoms with Gasteiger partial charge in [-0.25, -0.2) is 0 Å². The van der Waals surface area contributed by atoms with Crippen LogP contribution in [0.3, 0.4) is 0 Å². The summed E-state index contributed by atoms with van der Waals surface area (Å²) in [5.74, 6) is -1.43. The summed E-state index contributed by atoms with van der Waals surface area (Å²) in [4.78, 5) is 28.5. The van der Waals surface area contributed by atoms with Crippen LogP contribution in [0.2, 0.25) is 0 Å². The number of nitrogens with zero attached hydrogens (tertiary/aromatic N) is 2. The summed E-state index contributed by atoms with van der Waals surface area (Å²) in [5, 5.41) is 9.33. The first-order valence-corrected chi connectivity index (χ1v) is 7.92. The highest BCUT2D eigenvalue weighted by molar-refractivity contribution is 5.85. The van der Waals surface area contributed by atoms with Gasteiger partial charge in [0.1, 0.15) is 0 Å². The maximum atomic E-state index is 12.7. The predicted octanol–water partition coefficient (Wildman–Crippen LogP) is 1.18. The van der Waals surface area contributed by atoms with E-state index in [9.17, 15) is 14.7 Å². The highest BCUT2D eigenvalue weighted by Crippen LogP contribution is 2.33. The molecular weight excluding hydrogens is 256 g/mol. The SMILES string of the molecule is O=C(O)[C@H]1CCCC[C@H]1C(=O)N1CCN2CCCC2C1. The molecule has 0 aromatic heterocycles. The molecule has 0 aromatic rings. The molecule has 5 heteroatoms. The van der Waals surface area contributed by atoms with Crippen LogP contribution in [0, 0.1) is 11.8 Å². The Morgan fingerprint density at radius 3 is 2.40 bits per heavy atom. The number of carboxylic acids is 1. The number of carbonyl (C=O) groups is 2. The van der Waals surface area contributed by atoms with Crippen molar-refractivity contribution in [3.05, 3.63) is 0 Å². The number of aliphatic carboxylic acids is 1. The molecule has 0 spiro atoms. The Hall–Kier alpha value is -1.10. The molecule has 0 bridgehead atoms. The van der Waals surface area contributed by atoms with Crippen LogP contribution in [0.1, 0.15) is 38.5 Å².